The number of hydrogen-bond donors (Lipinski definition) is 2. The van der Waals surface area contributed by atoms with Crippen molar-refractivity contribution in [2.24, 2.45) is 11.8 Å². The van der Waals surface area contributed by atoms with Crippen molar-refractivity contribution in [3.8, 4) is 0 Å². The lowest BCUT2D eigenvalue weighted by atomic mass is 9.69. The molecule has 2 N–H and O–H groups in total. The molecule has 0 radical (unpaired) electrons. The molecule has 2 amide bonds. The zero-order valence-corrected chi connectivity index (χ0v) is 16.3. The fourth-order valence-corrected chi connectivity index (χ4v) is 4.45. The van der Waals surface area contributed by atoms with Gasteiger partial charge in [0.15, 0.2) is 0 Å². The third-order valence-electron chi connectivity index (χ3n) is 5.86. The van der Waals surface area contributed by atoms with Crippen LogP contribution in [0.1, 0.15) is 32.1 Å². The normalized spacial score (nSPS) is 25.5. The maximum absolute atomic E-state index is 12.2. The van der Waals surface area contributed by atoms with Crippen molar-refractivity contribution in [3.05, 3.63) is 60.7 Å². The first kappa shape index (κ1) is 19.3. The number of rotatable bonds is 4. The van der Waals surface area contributed by atoms with Gasteiger partial charge in [0, 0.05) is 11.4 Å². The van der Waals surface area contributed by atoms with Crippen LogP contribution in [-0.4, -0.2) is 24.4 Å². The van der Waals surface area contributed by atoms with Crippen LogP contribution in [0.15, 0.2) is 60.7 Å². The van der Waals surface area contributed by atoms with Crippen molar-refractivity contribution < 1.29 is 19.1 Å². The van der Waals surface area contributed by atoms with Crippen LogP contribution in [0.3, 0.4) is 0 Å². The molecule has 2 aliphatic rings. The second-order valence-corrected chi connectivity index (χ2v) is 7.78. The van der Waals surface area contributed by atoms with E-state index in [1.54, 1.807) is 0 Å². The van der Waals surface area contributed by atoms with Crippen LogP contribution in [-0.2, 0) is 9.47 Å². The number of amides is 2. The van der Waals surface area contributed by atoms with Gasteiger partial charge >= 0.3 is 12.2 Å². The van der Waals surface area contributed by atoms with Crippen molar-refractivity contribution in [1.82, 2.24) is 0 Å². The molecule has 152 valence electrons. The lowest BCUT2D eigenvalue weighted by Crippen LogP contribution is -2.43. The summed E-state index contributed by atoms with van der Waals surface area (Å²) in [5, 5.41) is 5.56. The van der Waals surface area contributed by atoms with E-state index in [9.17, 15) is 9.59 Å². The molecule has 2 aromatic rings. The van der Waals surface area contributed by atoms with E-state index in [0.717, 1.165) is 43.5 Å². The smallest absolute Gasteiger partial charge is 0.411 e. The van der Waals surface area contributed by atoms with E-state index in [0.29, 0.717) is 11.8 Å². The molecule has 4 atom stereocenters. The molecule has 0 aliphatic heterocycles. The van der Waals surface area contributed by atoms with Gasteiger partial charge in [-0.2, -0.15) is 0 Å². The Balaban J connectivity index is 1.25. The molecule has 0 unspecified atom stereocenters. The van der Waals surface area contributed by atoms with Crippen LogP contribution in [0.5, 0.6) is 0 Å². The van der Waals surface area contributed by atoms with Gasteiger partial charge in [0.1, 0.15) is 12.2 Å². The van der Waals surface area contributed by atoms with Crippen LogP contribution in [0, 0.1) is 11.8 Å². The maximum atomic E-state index is 12.2. The quantitative estimate of drug-likeness (QED) is 0.725. The summed E-state index contributed by atoms with van der Waals surface area (Å²) >= 11 is 0. The molecule has 4 rings (SSSR count). The predicted octanol–water partition coefficient (Wildman–Crippen LogP) is 5.43. The zero-order chi connectivity index (χ0) is 20.1. The number of benzene rings is 2. The molecule has 29 heavy (non-hydrogen) atoms. The molecule has 2 aromatic carbocycles. The summed E-state index contributed by atoms with van der Waals surface area (Å²) in [6.07, 6.45) is 3.36. The van der Waals surface area contributed by atoms with Crippen molar-refractivity contribution in [2.75, 3.05) is 10.6 Å². The van der Waals surface area contributed by atoms with Crippen LogP contribution in [0.25, 0.3) is 0 Å². The number of fused-ring (bicyclic) bond motifs is 2. The summed E-state index contributed by atoms with van der Waals surface area (Å²) < 4.78 is 11.4. The average Bonchev–Trinajstić information content (AvgIpc) is 2.73. The fraction of sp³-hybridized carbons (Fsp3) is 0.391. The van der Waals surface area contributed by atoms with Gasteiger partial charge in [-0.3, -0.25) is 10.6 Å². The van der Waals surface area contributed by atoms with E-state index in [2.05, 4.69) is 10.6 Å². The second-order valence-electron chi connectivity index (χ2n) is 7.78. The van der Waals surface area contributed by atoms with Gasteiger partial charge in [-0.25, -0.2) is 9.59 Å². The van der Waals surface area contributed by atoms with E-state index >= 15 is 0 Å². The minimum Gasteiger partial charge on any atom is -0.446 e. The summed E-state index contributed by atoms with van der Waals surface area (Å²) in [6, 6.07) is 18.6. The SMILES string of the molecule is O=C(Nc1ccccc1)O[C@H]1CC[C@H]2C[C@H]1CC[C@@H]2OC(=O)Nc1ccccc1. The fourth-order valence-electron chi connectivity index (χ4n) is 4.45. The molecular formula is C23H26N2O4. The summed E-state index contributed by atoms with van der Waals surface area (Å²) in [5.41, 5.74) is 1.46. The van der Waals surface area contributed by atoms with E-state index in [1.807, 2.05) is 60.7 Å². The van der Waals surface area contributed by atoms with Gasteiger partial charge in [0.2, 0.25) is 0 Å². The van der Waals surface area contributed by atoms with Crippen molar-refractivity contribution >= 4 is 23.6 Å². The van der Waals surface area contributed by atoms with Gasteiger partial charge in [-0.1, -0.05) is 36.4 Å². The molecule has 2 fully saturated rings. The zero-order valence-electron chi connectivity index (χ0n) is 16.3. The largest absolute Gasteiger partial charge is 0.446 e. The molecule has 6 nitrogen and oxygen atoms in total. The highest BCUT2D eigenvalue weighted by Gasteiger charge is 2.41. The third kappa shape index (κ3) is 5.08. The molecule has 0 spiro atoms. The summed E-state index contributed by atoms with van der Waals surface area (Å²) in [4.78, 5) is 24.4. The van der Waals surface area contributed by atoms with Crippen LogP contribution >= 0.6 is 0 Å². The molecule has 0 saturated heterocycles. The number of carbonyl (C=O) groups excluding carboxylic acids is 2. The number of ether oxygens (including phenoxy) is 2. The molecule has 0 aromatic heterocycles. The Hall–Kier alpha value is -3.02. The average molecular weight is 394 g/mol. The van der Waals surface area contributed by atoms with E-state index in [4.69, 9.17) is 9.47 Å². The minimum absolute atomic E-state index is 0.0749. The van der Waals surface area contributed by atoms with Crippen LogP contribution in [0.2, 0.25) is 0 Å². The molecule has 6 heteroatoms. The van der Waals surface area contributed by atoms with E-state index in [-0.39, 0.29) is 12.2 Å². The first-order chi connectivity index (χ1) is 14.2. The first-order valence-electron chi connectivity index (χ1n) is 10.2. The molecule has 2 saturated carbocycles. The lowest BCUT2D eigenvalue weighted by Gasteiger charge is -2.43. The maximum Gasteiger partial charge on any atom is 0.411 e. The number of hydrogen-bond acceptors (Lipinski definition) is 4. The molecule has 0 heterocycles. The molecular weight excluding hydrogens is 368 g/mol. The topological polar surface area (TPSA) is 76.7 Å². The highest BCUT2D eigenvalue weighted by molar-refractivity contribution is 5.85. The van der Waals surface area contributed by atoms with E-state index in [1.165, 1.54) is 0 Å². The Bertz CT molecular complexity index is 758. The number of para-hydroxylation sites is 2. The van der Waals surface area contributed by atoms with E-state index < -0.39 is 12.2 Å². The second kappa shape index (κ2) is 8.99. The standard InChI is InChI=1S/C23H26N2O4/c26-22(24-18-7-3-1-4-8-18)28-20-13-11-17-15-16(20)12-14-21(17)29-23(27)25-19-9-5-2-6-10-19/h1-10,16-17,20-21H,11-15H2,(H,24,26)(H,25,27)/t16-,17+,20-,21-/m0/s1. The third-order valence-corrected chi connectivity index (χ3v) is 5.86. The molecule has 2 bridgehead atoms. The Kier molecular flexibility index (Phi) is 5.98. The first-order valence-corrected chi connectivity index (χ1v) is 10.2. The van der Waals surface area contributed by atoms with Crippen molar-refractivity contribution in [3.63, 3.8) is 0 Å². The minimum atomic E-state index is -0.403. The van der Waals surface area contributed by atoms with Crippen molar-refractivity contribution in [2.45, 2.75) is 44.3 Å². The lowest BCUT2D eigenvalue weighted by molar-refractivity contribution is -0.0444. The number of anilines is 2. The monoisotopic (exact) mass is 394 g/mol. The Morgan fingerprint density at radius 1 is 0.655 bits per heavy atom. The summed E-state index contributed by atoms with van der Waals surface area (Å²) in [7, 11) is 0. The van der Waals surface area contributed by atoms with Gasteiger partial charge in [0.25, 0.3) is 0 Å². The van der Waals surface area contributed by atoms with Gasteiger partial charge < -0.3 is 9.47 Å². The van der Waals surface area contributed by atoms with Gasteiger partial charge in [-0.05, 0) is 68.2 Å². The van der Waals surface area contributed by atoms with Crippen LogP contribution < -0.4 is 10.6 Å². The number of carbonyl (C=O) groups is 2. The Morgan fingerprint density at radius 3 is 1.48 bits per heavy atom. The Labute approximate surface area is 170 Å². The van der Waals surface area contributed by atoms with Crippen LogP contribution in [0.4, 0.5) is 21.0 Å². The highest BCUT2D eigenvalue weighted by atomic mass is 16.6. The summed E-state index contributed by atoms with van der Waals surface area (Å²) in [5.74, 6) is 0.652. The van der Waals surface area contributed by atoms with Gasteiger partial charge in [-0.15, -0.1) is 0 Å². The predicted molar refractivity (Wildman–Crippen MR) is 111 cm³/mol. The molecule has 2 aliphatic carbocycles. The Morgan fingerprint density at radius 2 is 1.07 bits per heavy atom. The van der Waals surface area contributed by atoms with Crippen molar-refractivity contribution in [1.29, 1.82) is 0 Å². The van der Waals surface area contributed by atoms with Gasteiger partial charge in [0.05, 0.1) is 0 Å². The summed E-state index contributed by atoms with van der Waals surface area (Å²) in [6.45, 7) is 0. The highest BCUT2D eigenvalue weighted by Crippen LogP contribution is 2.42. The number of nitrogens with one attached hydrogen (secondary N) is 2.